The number of nitrogens with zero attached hydrogens (tertiary/aromatic N) is 2. The molecule has 110 valence electrons. The summed E-state index contributed by atoms with van der Waals surface area (Å²) in [6.45, 7) is 4.34. The van der Waals surface area contributed by atoms with E-state index in [1.54, 1.807) is 19.0 Å². The molecule has 0 atom stereocenters. The van der Waals surface area contributed by atoms with Gasteiger partial charge in [0.1, 0.15) is 0 Å². The second-order valence-corrected chi connectivity index (χ2v) is 5.72. The number of carboxylic acids is 1. The molecule has 1 aliphatic heterocycles. The van der Waals surface area contributed by atoms with Gasteiger partial charge in [-0.2, -0.15) is 0 Å². The van der Waals surface area contributed by atoms with Crippen LogP contribution in [0.5, 0.6) is 0 Å². The minimum absolute atomic E-state index is 0.128. The summed E-state index contributed by atoms with van der Waals surface area (Å²) in [5, 5.41) is 9.42. The predicted molar refractivity (Wildman–Crippen MR) is 74.0 cm³/mol. The highest BCUT2D eigenvalue weighted by atomic mass is 16.4. The standard InChI is InChI=1S/C14H26N2O3/c1-4-6-14(13(18)19)7-10-16(11-8-14)9-5-12(17)15(2)3/h4-11H2,1-3H3,(H,18,19). The van der Waals surface area contributed by atoms with Gasteiger partial charge in [-0.05, 0) is 32.4 Å². The molecule has 0 radical (unpaired) electrons. The zero-order valence-electron chi connectivity index (χ0n) is 12.3. The largest absolute Gasteiger partial charge is 0.481 e. The SMILES string of the molecule is CCCC1(C(=O)O)CCN(CCC(=O)N(C)C)CC1. The molecule has 0 bridgehead atoms. The maximum atomic E-state index is 11.5. The molecule has 0 spiro atoms. The monoisotopic (exact) mass is 270 g/mol. The minimum atomic E-state index is -0.654. The Labute approximate surface area is 115 Å². The van der Waals surface area contributed by atoms with E-state index in [0.717, 1.165) is 32.5 Å². The molecule has 1 rings (SSSR count). The van der Waals surface area contributed by atoms with Crippen LogP contribution in [0.15, 0.2) is 0 Å². The van der Waals surface area contributed by atoms with Crippen LogP contribution < -0.4 is 0 Å². The van der Waals surface area contributed by atoms with Gasteiger partial charge in [0.05, 0.1) is 5.41 Å². The minimum Gasteiger partial charge on any atom is -0.481 e. The molecule has 0 aliphatic carbocycles. The van der Waals surface area contributed by atoms with Gasteiger partial charge >= 0.3 is 5.97 Å². The number of carbonyl (C=O) groups is 2. The van der Waals surface area contributed by atoms with Crippen LogP contribution in [0.2, 0.25) is 0 Å². The summed E-state index contributed by atoms with van der Waals surface area (Å²) in [5.74, 6) is -0.526. The zero-order chi connectivity index (χ0) is 14.5. The van der Waals surface area contributed by atoms with Crippen LogP contribution in [0.25, 0.3) is 0 Å². The van der Waals surface area contributed by atoms with Crippen molar-refractivity contribution in [3.63, 3.8) is 0 Å². The van der Waals surface area contributed by atoms with Gasteiger partial charge in [-0.3, -0.25) is 9.59 Å². The first-order valence-corrected chi connectivity index (χ1v) is 7.07. The normalized spacial score (nSPS) is 19.1. The Morgan fingerprint density at radius 1 is 1.26 bits per heavy atom. The van der Waals surface area contributed by atoms with Gasteiger partial charge in [-0.1, -0.05) is 13.3 Å². The number of carbonyl (C=O) groups excluding carboxylic acids is 1. The van der Waals surface area contributed by atoms with Gasteiger partial charge in [0.2, 0.25) is 5.91 Å². The number of amides is 1. The van der Waals surface area contributed by atoms with E-state index in [0.29, 0.717) is 19.3 Å². The van der Waals surface area contributed by atoms with E-state index in [1.165, 1.54) is 0 Å². The van der Waals surface area contributed by atoms with Crippen LogP contribution in [0, 0.1) is 5.41 Å². The third kappa shape index (κ3) is 4.20. The molecule has 0 unspecified atom stereocenters. The van der Waals surface area contributed by atoms with E-state index < -0.39 is 11.4 Å². The summed E-state index contributed by atoms with van der Waals surface area (Å²) in [4.78, 5) is 26.8. The van der Waals surface area contributed by atoms with Crippen molar-refractivity contribution in [3.8, 4) is 0 Å². The van der Waals surface area contributed by atoms with Crippen LogP contribution in [-0.2, 0) is 9.59 Å². The average Bonchev–Trinajstić information content (AvgIpc) is 2.37. The number of likely N-dealkylation sites (tertiary alicyclic amines) is 1. The summed E-state index contributed by atoms with van der Waals surface area (Å²) in [6, 6.07) is 0. The molecule has 1 N–H and O–H groups in total. The Balaban J connectivity index is 2.43. The molecule has 5 heteroatoms. The van der Waals surface area contributed by atoms with Crippen molar-refractivity contribution in [2.75, 3.05) is 33.7 Å². The first-order valence-electron chi connectivity index (χ1n) is 7.07. The summed E-state index contributed by atoms with van der Waals surface area (Å²) in [5.41, 5.74) is -0.531. The molecule has 0 saturated carbocycles. The van der Waals surface area contributed by atoms with Crippen molar-refractivity contribution in [2.24, 2.45) is 5.41 Å². The summed E-state index contributed by atoms with van der Waals surface area (Å²) in [6.07, 6.45) is 3.58. The molecule has 5 nitrogen and oxygen atoms in total. The van der Waals surface area contributed by atoms with E-state index in [9.17, 15) is 14.7 Å². The third-order valence-electron chi connectivity index (χ3n) is 4.14. The highest BCUT2D eigenvalue weighted by molar-refractivity contribution is 5.76. The van der Waals surface area contributed by atoms with Crippen LogP contribution in [0.4, 0.5) is 0 Å². The Morgan fingerprint density at radius 2 is 1.84 bits per heavy atom. The molecule has 1 heterocycles. The van der Waals surface area contributed by atoms with Crippen LogP contribution >= 0.6 is 0 Å². The number of hydrogen-bond donors (Lipinski definition) is 1. The van der Waals surface area contributed by atoms with E-state index in [-0.39, 0.29) is 5.91 Å². The molecule has 1 fully saturated rings. The number of carboxylic acid groups (broad SMARTS) is 1. The summed E-state index contributed by atoms with van der Waals surface area (Å²) >= 11 is 0. The highest BCUT2D eigenvalue weighted by Gasteiger charge is 2.40. The van der Waals surface area contributed by atoms with Crippen molar-refractivity contribution < 1.29 is 14.7 Å². The molecule has 0 aromatic carbocycles. The number of piperidine rings is 1. The lowest BCUT2D eigenvalue weighted by molar-refractivity contribution is -0.153. The Hall–Kier alpha value is -1.10. The Kier molecular flexibility index (Phi) is 5.79. The summed E-state index contributed by atoms with van der Waals surface area (Å²) < 4.78 is 0. The van der Waals surface area contributed by atoms with Crippen molar-refractivity contribution in [1.82, 2.24) is 9.80 Å². The molecule has 1 amide bonds. The highest BCUT2D eigenvalue weighted by Crippen LogP contribution is 2.36. The third-order valence-corrected chi connectivity index (χ3v) is 4.14. The lowest BCUT2D eigenvalue weighted by atomic mass is 9.75. The molecule has 0 aromatic rings. The lowest BCUT2D eigenvalue weighted by Crippen LogP contribution is -2.45. The first-order chi connectivity index (χ1) is 8.91. The number of hydrogen-bond acceptors (Lipinski definition) is 3. The molecule has 0 aromatic heterocycles. The van der Waals surface area contributed by atoms with Crippen LogP contribution in [-0.4, -0.2) is 60.5 Å². The van der Waals surface area contributed by atoms with Crippen molar-refractivity contribution in [2.45, 2.75) is 39.0 Å². The van der Waals surface area contributed by atoms with Crippen LogP contribution in [0.3, 0.4) is 0 Å². The van der Waals surface area contributed by atoms with Crippen molar-refractivity contribution >= 4 is 11.9 Å². The van der Waals surface area contributed by atoms with E-state index in [1.807, 2.05) is 6.92 Å². The van der Waals surface area contributed by atoms with Crippen LogP contribution in [0.1, 0.15) is 39.0 Å². The second-order valence-electron chi connectivity index (χ2n) is 5.72. The van der Waals surface area contributed by atoms with Crippen molar-refractivity contribution in [3.05, 3.63) is 0 Å². The smallest absolute Gasteiger partial charge is 0.309 e. The second kappa shape index (κ2) is 6.89. The maximum Gasteiger partial charge on any atom is 0.309 e. The fourth-order valence-electron chi connectivity index (χ4n) is 2.73. The van der Waals surface area contributed by atoms with Gasteiger partial charge in [0.15, 0.2) is 0 Å². The maximum absolute atomic E-state index is 11.5. The van der Waals surface area contributed by atoms with Gasteiger partial charge in [-0.15, -0.1) is 0 Å². The van der Waals surface area contributed by atoms with Gasteiger partial charge in [0, 0.05) is 27.1 Å². The molecule has 1 saturated heterocycles. The molecular weight excluding hydrogens is 244 g/mol. The van der Waals surface area contributed by atoms with Gasteiger partial charge in [-0.25, -0.2) is 0 Å². The quantitative estimate of drug-likeness (QED) is 0.793. The van der Waals surface area contributed by atoms with E-state index in [4.69, 9.17) is 0 Å². The van der Waals surface area contributed by atoms with Crippen molar-refractivity contribution in [1.29, 1.82) is 0 Å². The summed E-state index contributed by atoms with van der Waals surface area (Å²) in [7, 11) is 3.52. The fourth-order valence-corrected chi connectivity index (χ4v) is 2.73. The van der Waals surface area contributed by atoms with E-state index >= 15 is 0 Å². The lowest BCUT2D eigenvalue weighted by Gasteiger charge is -2.38. The van der Waals surface area contributed by atoms with Gasteiger partial charge in [0.25, 0.3) is 0 Å². The Bertz CT molecular complexity index is 321. The average molecular weight is 270 g/mol. The zero-order valence-corrected chi connectivity index (χ0v) is 12.3. The first kappa shape index (κ1) is 16.0. The number of rotatable bonds is 6. The van der Waals surface area contributed by atoms with Gasteiger partial charge < -0.3 is 14.9 Å². The van der Waals surface area contributed by atoms with E-state index in [2.05, 4.69) is 4.90 Å². The topological polar surface area (TPSA) is 60.9 Å². The fraction of sp³-hybridized carbons (Fsp3) is 0.857. The molecule has 19 heavy (non-hydrogen) atoms. The number of aliphatic carboxylic acids is 1. The Morgan fingerprint density at radius 3 is 2.26 bits per heavy atom. The molecular formula is C14H26N2O3. The predicted octanol–water partition coefficient (Wildman–Crippen LogP) is 1.43. The molecule has 1 aliphatic rings.